The van der Waals surface area contributed by atoms with Gasteiger partial charge in [0.15, 0.2) is 0 Å². The van der Waals surface area contributed by atoms with Crippen molar-refractivity contribution >= 4 is 5.97 Å². The van der Waals surface area contributed by atoms with Gasteiger partial charge >= 0.3 is 5.97 Å². The van der Waals surface area contributed by atoms with Crippen molar-refractivity contribution in [2.45, 2.75) is 45.1 Å². The molecule has 0 radical (unpaired) electrons. The van der Waals surface area contributed by atoms with Crippen LogP contribution in [0.4, 0.5) is 0 Å². The van der Waals surface area contributed by atoms with Crippen LogP contribution in [0, 0.1) is 11.8 Å². The van der Waals surface area contributed by atoms with E-state index in [-0.39, 0.29) is 12.0 Å². The Morgan fingerprint density at radius 3 is 2.71 bits per heavy atom. The second-order valence-corrected chi connectivity index (χ2v) is 6.19. The van der Waals surface area contributed by atoms with E-state index in [9.17, 15) is 9.90 Å². The summed E-state index contributed by atoms with van der Waals surface area (Å²) in [6.45, 7) is 3.11. The fraction of sp³-hybridized carbons (Fsp3) is 0.647. The number of hydrogen-bond acceptors (Lipinski definition) is 3. The predicted molar refractivity (Wildman–Crippen MR) is 83.1 cm³/mol. The zero-order valence-corrected chi connectivity index (χ0v) is 13.0. The number of nitrogens with zero attached hydrogens (tertiary/aromatic N) is 2. The van der Waals surface area contributed by atoms with Gasteiger partial charge in [-0.15, -0.1) is 0 Å². The number of aromatic nitrogens is 1. The van der Waals surface area contributed by atoms with Gasteiger partial charge in [-0.2, -0.15) is 0 Å². The third-order valence-corrected chi connectivity index (χ3v) is 4.89. The van der Waals surface area contributed by atoms with Crippen LogP contribution in [0.3, 0.4) is 0 Å². The van der Waals surface area contributed by atoms with Gasteiger partial charge in [0.25, 0.3) is 0 Å². The number of carbonyl (C=O) groups is 1. The molecule has 0 aliphatic heterocycles. The van der Waals surface area contributed by atoms with Gasteiger partial charge in [0.2, 0.25) is 0 Å². The Balaban J connectivity index is 1.96. The average Bonchev–Trinajstić information content (AvgIpc) is 2.52. The van der Waals surface area contributed by atoms with Crippen LogP contribution in [0.2, 0.25) is 0 Å². The summed E-state index contributed by atoms with van der Waals surface area (Å²) in [5.74, 6) is -0.172. The maximum absolute atomic E-state index is 11.5. The van der Waals surface area contributed by atoms with Gasteiger partial charge in [-0.05, 0) is 56.3 Å². The fourth-order valence-corrected chi connectivity index (χ4v) is 3.40. The summed E-state index contributed by atoms with van der Waals surface area (Å²) in [6, 6.07) is 4.22. The van der Waals surface area contributed by atoms with Crippen LogP contribution in [0.1, 0.15) is 38.2 Å². The van der Waals surface area contributed by atoms with Crippen molar-refractivity contribution in [3.63, 3.8) is 0 Å². The lowest BCUT2D eigenvalue weighted by Crippen LogP contribution is -2.46. The largest absolute Gasteiger partial charge is 0.481 e. The molecule has 0 amide bonds. The molecular formula is C17H26N2O2. The SMILES string of the molecule is CCC1CCC(C(=O)O)C(N(C)CCc2ccncc2)C1. The first-order valence-corrected chi connectivity index (χ1v) is 7.93. The molecule has 0 spiro atoms. The first kappa shape index (κ1) is 16.0. The summed E-state index contributed by atoms with van der Waals surface area (Å²) in [6.07, 6.45) is 8.60. The zero-order chi connectivity index (χ0) is 15.2. The molecule has 1 saturated carbocycles. The molecule has 1 aromatic rings. The number of rotatable bonds is 6. The van der Waals surface area contributed by atoms with Gasteiger partial charge in [0.1, 0.15) is 0 Å². The lowest BCUT2D eigenvalue weighted by Gasteiger charge is -2.39. The molecule has 2 rings (SSSR count). The molecule has 3 atom stereocenters. The molecule has 3 unspecified atom stereocenters. The zero-order valence-electron chi connectivity index (χ0n) is 13.0. The van der Waals surface area contributed by atoms with E-state index in [1.54, 1.807) is 0 Å². The first-order chi connectivity index (χ1) is 10.1. The van der Waals surface area contributed by atoms with Crippen LogP contribution in [0.25, 0.3) is 0 Å². The molecule has 1 N–H and O–H groups in total. The monoisotopic (exact) mass is 290 g/mol. The normalized spacial score (nSPS) is 26.0. The van der Waals surface area contributed by atoms with Gasteiger partial charge < -0.3 is 10.0 Å². The third-order valence-electron chi connectivity index (χ3n) is 4.89. The maximum Gasteiger partial charge on any atom is 0.308 e. The van der Waals surface area contributed by atoms with E-state index in [1.807, 2.05) is 24.5 Å². The van der Waals surface area contributed by atoms with Crippen LogP contribution in [-0.4, -0.2) is 40.6 Å². The quantitative estimate of drug-likeness (QED) is 0.875. The van der Waals surface area contributed by atoms with E-state index in [1.165, 1.54) is 5.56 Å². The van der Waals surface area contributed by atoms with Gasteiger partial charge in [0.05, 0.1) is 5.92 Å². The standard InChI is InChI=1S/C17H26N2O2/c1-3-13-4-5-15(17(20)21)16(12-13)19(2)11-8-14-6-9-18-10-7-14/h6-7,9-10,13,15-16H,3-5,8,11-12H2,1-2H3,(H,20,21). The minimum absolute atomic E-state index is 0.169. The van der Waals surface area contributed by atoms with E-state index < -0.39 is 5.97 Å². The smallest absolute Gasteiger partial charge is 0.308 e. The van der Waals surface area contributed by atoms with Crippen LogP contribution < -0.4 is 0 Å². The maximum atomic E-state index is 11.5. The minimum atomic E-state index is -0.634. The Labute approximate surface area is 127 Å². The lowest BCUT2D eigenvalue weighted by atomic mass is 9.76. The Hall–Kier alpha value is -1.42. The van der Waals surface area contributed by atoms with E-state index in [4.69, 9.17) is 0 Å². The van der Waals surface area contributed by atoms with Crippen molar-refractivity contribution in [2.24, 2.45) is 11.8 Å². The van der Waals surface area contributed by atoms with Crippen molar-refractivity contribution in [3.8, 4) is 0 Å². The molecule has 116 valence electrons. The number of likely N-dealkylation sites (N-methyl/N-ethyl adjacent to an activating group) is 1. The predicted octanol–water partition coefficient (Wildman–Crippen LogP) is 2.84. The van der Waals surface area contributed by atoms with Crippen LogP contribution in [-0.2, 0) is 11.2 Å². The van der Waals surface area contributed by atoms with Crippen molar-refractivity contribution in [1.29, 1.82) is 0 Å². The highest BCUT2D eigenvalue weighted by molar-refractivity contribution is 5.71. The Bertz CT molecular complexity index is 449. The Morgan fingerprint density at radius 2 is 2.10 bits per heavy atom. The molecular weight excluding hydrogens is 264 g/mol. The molecule has 21 heavy (non-hydrogen) atoms. The first-order valence-electron chi connectivity index (χ1n) is 7.93. The highest BCUT2D eigenvalue weighted by atomic mass is 16.4. The molecule has 1 heterocycles. The molecule has 4 nitrogen and oxygen atoms in total. The van der Waals surface area contributed by atoms with Crippen LogP contribution in [0.15, 0.2) is 24.5 Å². The molecule has 0 bridgehead atoms. The van der Waals surface area contributed by atoms with Crippen molar-refractivity contribution in [2.75, 3.05) is 13.6 Å². The summed E-state index contributed by atoms with van der Waals surface area (Å²) in [7, 11) is 2.07. The van der Waals surface area contributed by atoms with Crippen molar-refractivity contribution in [3.05, 3.63) is 30.1 Å². The van der Waals surface area contributed by atoms with Gasteiger partial charge in [-0.25, -0.2) is 0 Å². The van der Waals surface area contributed by atoms with E-state index in [2.05, 4.69) is 23.9 Å². The number of carboxylic acids is 1. The number of pyridine rings is 1. The van der Waals surface area contributed by atoms with E-state index in [0.29, 0.717) is 5.92 Å². The lowest BCUT2D eigenvalue weighted by molar-refractivity contribution is -0.146. The molecule has 1 aliphatic carbocycles. The van der Waals surface area contributed by atoms with Crippen molar-refractivity contribution < 1.29 is 9.90 Å². The second-order valence-electron chi connectivity index (χ2n) is 6.19. The van der Waals surface area contributed by atoms with Crippen LogP contribution in [0.5, 0.6) is 0 Å². The third kappa shape index (κ3) is 4.27. The molecule has 0 aromatic carbocycles. The summed E-state index contributed by atoms with van der Waals surface area (Å²) in [4.78, 5) is 17.8. The summed E-state index contributed by atoms with van der Waals surface area (Å²) in [5.41, 5.74) is 1.26. The van der Waals surface area contributed by atoms with E-state index >= 15 is 0 Å². The average molecular weight is 290 g/mol. The Kier molecular flexibility index (Phi) is 5.74. The van der Waals surface area contributed by atoms with Gasteiger partial charge in [-0.1, -0.05) is 13.3 Å². The molecule has 1 aliphatic rings. The van der Waals surface area contributed by atoms with E-state index in [0.717, 1.165) is 38.6 Å². The van der Waals surface area contributed by atoms with Gasteiger partial charge in [-0.3, -0.25) is 9.78 Å². The number of hydrogen-bond donors (Lipinski definition) is 1. The highest BCUT2D eigenvalue weighted by Gasteiger charge is 2.36. The molecule has 1 aromatic heterocycles. The second kappa shape index (κ2) is 7.55. The summed E-state index contributed by atoms with van der Waals surface area (Å²) in [5, 5.41) is 9.47. The topological polar surface area (TPSA) is 53.4 Å². The minimum Gasteiger partial charge on any atom is -0.481 e. The molecule has 0 saturated heterocycles. The number of carboxylic acid groups (broad SMARTS) is 1. The fourth-order valence-electron chi connectivity index (χ4n) is 3.40. The molecule has 1 fully saturated rings. The Morgan fingerprint density at radius 1 is 1.38 bits per heavy atom. The van der Waals surface area contributed by atoms with Crippen molar-refractivity contribution in [1.82, 2.24) is 9.88 Å². The number of aliphatic carboxylic acids is 1. The summed E-state index contributed by atoms with van der Waals surface area (Å²) >= 11 is 0. The van der Waals surface area contributed by atoms with Crippen LogP contribution >= 0.6 is 0 Å². The summed E-state index contributed by atoms with van der Waals surface area (Å²) < 4.78 is 0. The van der Waals surface area contributed by atoms with Gasteiger partial charge in [0, 0.05) is 25.0 Å². The highest BCUT2D eigenvalue weighted by Crippen LogP contribution is 2.33. The molecule has 4 heteroatoms.